The molecule has 19 heavy (non-hydrogen) atoms. The predicted molar refractivity (Wildman–Crippen MR) is 77.5 cm³/mol. The molecule has 0 bridgehead atoms. The van der Waals surface area contributed by atoms with E-state index in [1.54, 1.807) is 18.2 Å². The van der Waals surface area contributed by atoms with Gasteiger partial charge in [0, 0.05) is 6.04 Å². The van der Waals surface area contributed by atoms with E-state index in [0.717, 1.165) is 0 Å². The molecule has 4 N–H and O–H groups in total. The lowest BCUT2D eigenvalue weighted by Gasteiger charge is -2.29. The van der Waals surface area contributed by atoms with Crippen molar-refractivity contribution >= 4 is 17.3 Å². The van der Waals surface area contributed by atoms with Crippen molar-refractivity contribution in [2.24, 2.45) is 5.92 Å². The summed E-state index contributed by atoms with van der Waals surface area (Å²) in [7, 11) is 0. The Morgan fingerprint density at radius 2 is 2.05 bits per heavy atom. The zero-order valence-corrected chi connectivity index (χ0v) is 11.4. The van der Waals surface area contributed by atoms with Crippen LogP contribution in [0.4, 0.5) is 11.4 Å². The predicted octanol–water partition coefficient (Wildman–Crippen LogP) is 3.35. The van der Waals surface area contributed by atoms with Crippen molar-refractivity contribution in [1.29, 1.82) is 0 Å². The molecule has 4 nitrogen and oxygen atoms in total. The van der Waals surface area contributed by atoms with E-state index in [9.17, 15) is 9.90 Å². The normalized spacial score (nSPS) is 17.9. The van der Waals surface area contributed by atoms with Gasteiger partial charge < -0.3 is 16.2 Å². The van der Waals surface area contributed by atoms with Crippen LogP contribution in [0.5, 0.6) is 0 Å². The molecule has 1 saturated carbocycles. The minimum absolute atomic E-state index is 0.252. The fourth-order valence-corrected chi connectivity index (χ4v) is 2.89. The Kier molecular flexibility index (Phi) is 4.30. The maximum atomic E-state index is 11.2. The van der Waals surface area contributed by atoms with Gasteiger partial charge in [0.2, 0.25) is 0 Å². The zero-order valence-electron chi connectivity index (χ0n) is 11.4. The number of nitrogens with two attached hydrogens (primary N) is 1. The van der Waals surface area contributed by atoms with E-state index in [-0.39, 0.29) is 11.6 Å². The van der Waals surface area contributed by atoms with Gasteiger partial charge in [0.25, 0.3) is 0 Å². The van der Waals surface area contributed by atoms with Crippen molar-refractivity contribution in [3.8, 4) is 0 Å². The smallest absolute Gasteiger partial charge is 0.337 e. The molecule has 0 aliphatic heterocycles. The number of aromatic carboxylic acids is 1. The van der Waals surface area contributed by atoms with E-state index in [1.807, 2.05) is 0 Å². The summed E-state index contributed by atoms with van der Waals surface area (Å²) >= 11 is 0. The van der Waals surface area contributed by atoms with Crippen LogP contribution in [0.25, 0.3) is 0 Å². The van der Waals surface area contributed by atoms with Crippen molar-refractivity contribution in [3.63, 3.8) is 0 Å². The molecule has 1 aromatic carbocycles. The number of para-hydroxylation sites is 1. The summed E-state index contributed by atoms with van der Waals surface area (Å²) in [5.41, 5.74) is 7.23. The number of nitrogen functional groups attached to an aromatic ring is 1. The third-order valence-corrected chi connectivity index (χ3v) is 4.06. The molecule has 0 saturated heterocycles. The van der Waals surface area contributed by atoms with Gasteiger partial charge in [0.05, 0.1) is 16.9 Å². The van der Waals surface area contributed by atoms with Crippen molar-refractivity contribution in [1.82, 2.24) is 0 Å². The van der Waals surface area contributed by atoms with Crippen molar-refractivity contribution in [3.05, 3.63) is 23.8 Å². The van der Waals surface area contributed by atoms with Gasteiger partial charge in [-0.15, -0.1) is 0 Å². The highest BCUT2D eigenvalue weighted by Gasteiger charge is 2.22. The first-order valence-electron chi connectivity index (χ1n) is 6.98. The van der Waals surface area contributed by atoms with Crippen LogP contribution in [-0.4, -0.2) is 17.1 Å². The van der Waals surface area contributed by atoms with Crippen LogP contribution >= 0.6 is 0 Å². The van der Waals surface area contributed by atoms with Gasteiger partial charge >= 0.3 is 5.97 Å². The lowest BCUT2D eigenvalue weighted by Crippen LogP contribution is -2.28. The van der Waals surface area contributed by atoms with E-state index < -0.39 is 5.97 Å². The number of carboxylic acids is 1. The maximum Gasteiger partial charge on any atom is 0.337 e. The third-order valence-electron chi connectivity index (χ3n) is 4.06. The molecule has 1 atom stereocenters. The average Bonchev–Trinajstić information content (AvgIpc) is 2.41. The molecule has 1 aromatic rings. The monoisotopic (exact) mass is 262 g/mol. The fraction of sp³-hybridized carbons (Fsp3) is 0.533. The molecule has 0 spiro atoms. The number of rotatable bonds is 4. The summed E-state index contributed by atoms with van der Waals surface area (Å²) < 4.78 is 0. The molecule has 1 aliphatic rings. The third kappa shape index (κ3) is 3.19. The second kappa shape index (κ2) is 5.95. The van der Waals surface area contributed by atoms with Crippen molar-refractivity contribution in [2.45, 2.75) is 45.1 Å². The van der Waals surface area contributed by atoms with E-state index in [0.29, 0.717) is 17.3 Å². The van der Waals surface area contributed by atoms with E-state index in [4.69, 9.17) is 5.73 Å². The van der Waals surface area contributed by atoms with E-state index in [1.165, 1.54) is 32.1 Å². The topological polar surface area (TPSA) is 75.3 Å². The highest BCUT2D eigenvalue weighted by molar-refractivity contribution is 5.97. The van der Waals surface area contributed by atoms with Crippen molar-refractivity contribution in [2.75, 3.05) is 11.1 Å². The second-order valence-corrected chi connectivity index (χ2v) is 5.41. The summed E-state index contributed by atoms with van der Waals surface area (Å²) in [6.07, 6.45) is 6.28. The second-order valence-electron chi connectivity index (χ2n) is 5.41. The Labute approximate surface area is 114 Å². The van der Waals surface area contributed by atoms with Crippen LogP contribution in [0.3, 0.4) is 0 Å². The molecule has 4 heteroatoms. The van der Waals surface area contributed by atoms with E-state index >= 15 is 0 Å². The Balaban J connectivity index is 2.15. The van der Waals surface area contributed by atoms with Crippen LogP contribution in [0.2, 0.25) is 0 Å². The number of anilines is 2. The largest absolute Gasteiger partial charge is 0.478 e. The summed E-state index contributed by atoms with van der Waals surface area (Å²) in [4.78, 5) is 11.2. The number of hydrogen-bond acceptors (Lipinski definition) is 3. The quantitative estimate of drug-likeness (QED) is 0.727. The summed E-state index contributed by atoms with van der Waals surface area (Å²) in [5, 5.41) is 12.5. The van der Waals surface area contributed by atoms with E-state index in [2.05, 4.69) is 12.2 Å². The molecule has 0 radical (unpaired) electrons. The van der Waals surface area contributed by atoms with Gasteiger partial charge in [-0.05, 0) is 37.8 Å². The zero-order chi connectivity index (χ0) is 13.8. The molecule has 0 aromatic heterocycles. The molecular formula is C15H22N2O2. The minimum Gasteiger partial charge on any atom is -0.478 e. The van der Waals surface area contributed by atoms with Crippen LogP contribution in [-0.2, 0) is 0 Å². The molecule has 0 amide bonds. The van der Waals surface area contributed by atoms with Crippen LogP contribution < -0.4 is 11.1 Å². The van der Waals surface area contributed by atoms with Crippen LogP contribution in [0, 0.1) is 5.92 Å². The number of carboxylic acid groups (broad SMARTS) is 1. The summed E-state index contributed by atoms with van der Waals surface area (Å²) in [5.74, 6) is -0.333. The maximum absolute atomic E-state index is 11.2. The number of nitrogens with one attached hydrogen (secondary N) is 1. The van der Waals surface area contributed by atoms with Gasteiger partial charge in [0.15, 0.2) is 0 Å². The van der Waals surface area contributed by atoms with Gasteiger partial charge in [-0.1, -0.05) is 25.3 Å². The lowest BCUT2D eigenvalue weighted by atomic mass is 9.84. The van der Waals surface area contributed by atoms with Crippen molar-refractivity contribution < 1.29 is 9.90 Å². The SMILES string of the molecule is CC(Nc1c(N)cccc1C(=O)O)C1CCCCC1. The Hall–Kier alpha value is -1.71. The van der Waals surface area contributed by atoms with Gasteiger partial charge in [-0.3, -0.25) is 0 Å². The van der Waals surface area contributed by atoms with Gasteiger partial charge in [-0.2, -0.15) is 0 Å². The summed E-state index contributed by atoms with van der Waals surface area (Å²) in [6, 6.07) is 5.26. The first-order chi connectivity index (χ1) is 9.09. The molecule has 1 fully saturated rings. The lowest BCUT2D eigenvalue weighted by molar-refractivity contribution is 0.0698. The average molecular weight is 262 g/mol. The molecule has 104 valence electrons. The highest BCUT2D eigenvalue weighted by Crippen LogP contribution is 2.31. The highest BCUT2D eigenvalue weighted by atomic mass is 16.4. The minimum atomic E-state index is -0.939. The fourth-order valence-electron chi connectivity index (χ4n) is 2.89. The van der Waals surface area contributed by atoms with Gasteiger partial charge in [-0.25, -0.2) is 4.79 Å². The number of carbonyl (C=O) groups is 1. The Bertz CT molecular complexity index is 453. The Morgan fingerprint density at radius 3 is 2.68 bits per heavy atom. The number of benzene rings is 1. The Morgan fingerprint density at radius 1 is 1.37 bits per heavy atom. The summed E-state index contributed by atoms with van der Waals surface area (Å²) in [6.45, 7) is 2.12. The van der Waals surface area contributed by atoms with Crippen LogP contribution in [0.1, 0.15) is 49.4 Å². The molecule has 2 rings (SSSR count). The molecule has 0 heterocycles. The number of hydrogen-bond donors (Lipinski definition) is 3. The first kappa shape index (κ1) is 13.7. The van der Waals surface area contributed by atoms with Crippen LogP contribution in [0.15, 0.2) is 18.2 Å². The molecule has 1 unspecified atom stereocenters. The molecule has 1 aliphatic carbocycles. The first-order valence-corrected chi connectivity index (χ1v) is 6.98. The standard InChI is InChI=1S/C15H22N2O2/c1-10(11-6-3-2-4-7-11)17-14-12(15(18)19)8-5-9-13(14)16/h5,8-11,17H,2-4,6-7,16H2,1H3,(H,18,19). The molecular weight excluding hydrogens is 240 g/mol. The van der Waals surface area contributed by atoms with Gasteiger partial charge in [0.1, 0.15) is 0 Å².